The van der Waals surface area contributed by atoms with Gasteiger partial charge in [-0.25, -0.2) is 0 Å². The van der Waals surface area contributed by atoms with Crippen LogP contribution in [0.15, 0.2) is 0 Å². The minimum Gasteiger partial charge on any atom is -0.342 e. The Labute approximate surface area is 171 Å². The molecule has 0 aromatic carbocycles. The quantitative estimate of drug-likeness (QED) is 0.838. The molecule has 28 heavy (non-hydrogen) atoms. The Balaban J connectivity index is 1.47. The van der Waals surface area contributed by atoms with E-state index in [2.05, 4.69) is 21.2 Å². The highest BCUT2D eigenvalue weighted by Crippen LogP contribution is 2.31. The number of likely N-dealkylation sites (tertiary alicyclic amines) is 2. The van der Waals surface area contributed by atoms with Gasteiger partial charge in [0.2, 0.25) is 11.8 Å². The minimum absolute atomic E-state index is 0.0879. The summed E-state index contributed by atoms with van der Waals surface area (Å²) in [7, 11) is 0. The average Bonchev–Trinajstić information content (AvgIpc) is 2.87. The average molecular weight is 403 g/mol. The third-order valence-corrected chi connectivity index (χ3v) is 7.09. The number of aryl methyl sites for hydroxylation is 1. The lowest BCUT2D eigenvalue weighted by Crippen LogP contribution is -2.44. The number of rotatable bonds is 4. The Morgan fingerprint density at radius 2 is 1.75 bits per heavy atom. The molecule has 7 heteroatoms. The van der Waals surface area contributed by atoms with Crippen molar-refractivity contribution in [3.63, 3.8) is 0 Å². The van der Waals surface area contributed by atoms with Crippen molar-refractivity contribution in [3.05, 3.63) is 16.0 Å². The maximum atomic E-state index is 12.8. The molecular formula is C21H30N4O2S. The molecule has 0 radical (unpaired) electrons. The van der Waals surface area contributed by atoms with E-state index in [1.807, 2.05) is 13.8 Å². The van der Waals surface area contributed by atoms with Gasteiger partial charge in [-0.2, -0.15) is 5.26 Å². The number of anilines is 1. The van der Waals surface area contributed by atoms with Gasteiger partial charge in [0, 0.05) is 23.9 Å². The molecule has 0 bridgehead atoms. The van der Waals surface area contributed by atoms with Crippen molar-refractivity contribution in [2.75, 3.05) is 38.0 Å². The van der Waals surface area contributed by atoms with Crippen LogP contribution in [0.4, 0.5) is 5.00 Å². The van der Waals surface area contributed by atoms with Crippen LogP contribution in [0.5, 0.6) is 0 Å². The first kappa shape index (κ1) is 20.8. The number of amides is 2. The monoisotopic (exact) mass is 402 g/mol. The van der Waals surface area contributed by atoms with Crippen LogP contribution in [0.1, 0.15) is 54.5 Å². The van der Waals surface area contributed by atoms with Crippen molar-refractivity contribution >= 4 is 28.2 Å². The van der Waals surface area contributed by atoms with Gasteiger partial charge >= 0.3 is 0 Å². The smallest absolute Gasteiger partial charge is 0.239 e. The number of carbonyl (C=O) groups is 2. The van der Waals surface area contributed by atoms with E-state index in [1.54, 1.807) is 0 Å². The SMILES string of the molecule is Cc1sc(NC(=O)CN2CCC(C(=O)N3CCCCCC3)CC2)c(C#N)c1C. The first-order valence-electron chi connectivity index (χ1n) is 10.3. The number of piperidine rings is 1. The zero-order valence-electron chi connectivity index (χ0n) is 16.9. The van der Waals surface area contributed by atoms with Gasteiger partial charge in [-0.15, -0.1) is 11.3 Å². The third-order valence-electron chi connectivity index (χ3n) is 5.97. The fourth-order valence-electron chi connectivity index (χ4n) is 4.11. The van der Waals surface area contributed by atoms with Gasteiger partial charge in [-0.05, 0) is 58.2 Å². The molecule has 0 spiro atoms. The van der Waals surface area contributed by atoms with Crippen LogP contribution < -0.4 is 5.32 Å². The van der Waals surface area contributed by atoms with Gasteiger partial charge in [0.1, 0.15) is 11.1 Å². The minimum atomic E-state index is -0.0879. The van der Waals surface area contributed by atoms with Crippen molar-refractivity contribution in [2.45, 2.75) is 52.4 Å². The lowest BCUT2D eigenvalue weighted by atomic mass is 9.95. The third kappa shape index (κ3) is 4.92. The maximum Gasteiger partial charge on any atom is 0.239 e. The van der Waals surface area contributed by atoms with Crippen LogP contribution in [-0.2, 0) is 9.59 Å². The molecule has 2 amide bonds. The van der Waals surface area contributed by atoms with Crippen molar-refractivity contribution in [1.29, 1.82) is 5.26 Å². The molecule has 2 saturated heterocycles. The summed E-state index contributed by atoms with van der Waals surface area (Å²) in [6, 6.07) is 2.19. The fourth-order valence-corrected chi connectivity index (χ4v) is 5.13. The summed E-state index contributed by atoms with van der Waals surface area (Å²) in [4.78, 5) is 30.4. The van der Waals surface area contributed by atoms with Gasteiger partial charge in [0.15, 0.2) is 0 Å². The van der Waals surface area contributed by atoms with Crippen LogP contribution in [0.25, 0.3) is 0 Å². The molecule has 0 saturated carbocycles. The largest absolute Gasteiger partial charge is 0.342 e. The topological polar surface area (TPSA) is 76.4 Å². The van der Waals surface area contributed by atoms with E-state index in [-0.39, 0.29) is 11.8 Å². The summed E-state index contributed by atoms with van der Waals surface area (Å²) in [5, 5.41) is 12.9. The molecule has 6 nitrogen and oxygen atoms in total. The molecule has 1 aromatic heterocycles. The highest BCUT2D eigenvalue weighted by Gasteiger charge is 2.29. The normalized spacial score (nSPS) is 19.1. The molecule has 2 aliphatic rings. The predicted octanol–water partition coefficient (Wildman–Crippen LogP) is 3.29. The Morgan fingerprint density at radius 1 is 1.11 bits per heavy atom. The molecule has 0 aliphatic carbocycles. The predicted molar refractivity (Wildman–Crippen MR) is 111 cm³/mol. The standard InChI is InChI=1S/C21H30N4O2S/c1-15-16(2)28-20(18(15)13-22)23-19(26)14-24-11-7-17(8-12-24)21(27)25-9-5-3-4-6-10-25/h17H,3-12,14H2,1-2H3,(H,23,26). The number of hydrogen-bond donors (Lipinski definition) is 1. The second kappa shape index (κ2) is 9.53. The Bertz CT molecular complexity index is 751. The lowest BCUT2D eigenvalue weighted by Gasteiger charge is -2.33. The van der Waals surface area contributed by atoms with E-state index in [0.717, 1.165) is 62.3 Å². The zero-order valence-corrected chi connectivity index (χ0v) is 17.7. The molecular weight excluding hydrogens is 372 g/mol. The van der Waals surface area contributed by atoms with E-state index >= 15 is 0 Å². The molecule has 3 heterocycles. The van der Waals surface area contributed by atoms with Gasteiger partial charge < -0.3 is 10.2 Å². The Morgan fingerprint density at radius 3 is 2.36 bits per heavy atom. The summed E-state index contributed by atoms with van der Waals surface area (Å²) in [6.45, 7) is 7.53. The highest BCUT2D eigenvalue weighted by atomic mass is 32.1. The Kier molecular flexibility index (Phi) is 7.08. The van der Waals surface area contributed by atoms with E-state index in [1.165, 1.54) is 24.2 Å². The van der Waals surface area contributed by atoms with E-state index in [0.29, 0.717) is 23.0 Å². The van der Waals surface area contributed by atoms with E-state index in [9.17, 15) is 14.9 Å². The first-order valence-corrected chi connectivity index (χ1v) is 11.1. The number of hydrogen-bond acceptors (Lipinski definition) is 5. The molecule has 1 N–H and O–H groups in total. The molecule has 3 rings (SSSR count). The summed E-state index contributed by atoms with van der Waals surface area (Å²) in [5.41, 5.74) is 1.51. The summed E-state index contributed by atoms with van der Waals surface area (Å²) in [6.07, 6.45) is 6.35. The second-order valence-corrected chi connectivity index (χ2v) is 9.16. The second-order valence-electron chi connectivity index (χ2n) is 7.94. The molecule has 2 aliphatic heterocycles. The van der Waals surface area contributed by atoms with Gasteiger partial charge in [0.25, 0.3) is 0 Å². The van der Waals surface area contributed by atoms with Gasteiger partial charge in [-0.1, -0.05) is 12.8 Å². The van der Waals surface area contributed by atoms with Crippen LogP contribution in [-0.4, -0.2) is 54.3 Å². The summed E-state index contributed by atoms with van der Waals surface area (Å²) < 4.78 is 0. The first-order chi connectivity index (χ1) is 13.5. The molecule has 2 fully saturated rings. The van der Waals surface area contributed by atoms with Crippen LogP contribution in [0.2, 0.25) is 0 Å². The van der Waals surface area contributed by atoms with Crippen molar-refractivity contribution < 1.29 is 9.59 Å². The number of carbonyl (C=O) groups excluding carboxylic acids is 2. The fraction of sp³-hybridized carbons (Fsp3) is 0.667. The molecule has 1 aromatic rings. The molecule has 152 valence electrons. The summed E-state index contributed by atoms with van der Waals surface area (Å²) in [5.74, 6) is 0.328. The zero-order chi connectivity index (χ0) is 20.1. The number of nitrogens with zero attached hydrogens (tertiary/aromatic N) is 3. The van der Waals surface area contributed by atoms with Crippen molar-refractivity contribution in [1.82, 2.24) is 9.80 Å². The highest BCUT2D eigenvalue weighted by molar-refractivity contribution is 7.16. The van der Waals surface area contributed by atoms with E-state index in [4.69, 9.17) is 0 Å². The number of thiophene rings is 1. The van der Waals surface area contributed by atoms with Crippen molar-refractivity contribution in [2.24, 2.45) is 5.92 Å². The Hall–Kier alpha value is -1.91. The lowest BCUT2D eigenvalue weighted by molar-refractivity contribution is -0.137. The van der Waals surface area contributed by atoms with E-state index < -0.39 is 0 Å². The maximum absolute atomic E-state index is 12.8. The van der Waals surface area contributed by atoms with Crippen LogP contribution in [0, 0.1) is 31.1 Å². The number of nitrogens with one attached hydrogen (secondary N) is 1. The molecule has 0 atom stereocenters. The van der Waals surface area contributed by atoms with Crippen molar-refractivity contribution in [3.8, 4) is 6.07 Å². The van der Waals surface area contributed by atoms with Gasteiger partial charge in [0.05, 0.1) is 12.1 Å². The van der Waals surface area contributed by atoms with Crippen LogP contribution >= 0.6 is 11.3 Å². The number of nitriles is 1. The van der Waals surface area contributed by atoms with Gasteiger partial charge in [-0.3, -0.25) is 14.5 Å². The molecule has 0 unspecified atom stereocenters. The summed E-state index contributed by atoms with van der Waals surface area (Å²) >= 11 is 1.45. The van der Waals surface area contributed by atoms with Crippen LogP contribution in [0.3, 0.4) is 0 Å².